The van der Waals surface area contributed by atoms with E-state index in [0.29, 0.717) is 0 Å². The van der Waals surface area contributed by atoms with Crippen molar-refractivity contribution in [3.8, 4) is 5.75 Å². The summed E-state index contributed by atoms with van der Waals surface area (Å²) in [6, 6.07) is 18.0. The van der Waals surface area contributed by atoms with Gasteiger partial charge in [0.2, 0.25) is 0 Å². The number of carbonyl (C=O) groups excluding carboxylic acids is 1. The van der Waals surface area contributed by atoms with Gasteiger partial charge in [-0.05, 0) is 56.0 Å². The highest BCUT2D eigenvalue weighted by Crippen LogP contribution is 2.32. The summed E-state index contributed by atoms with van der Waals surface area (Å²) in [5, 5.41) is 1.13. The lowest BCUT2D eigenvalue weighted by Crippen LogP contribution is -2.25. The SMILES string of the molecule is COc1ccc(C(CC(=O)OC(C)(C)C)c2cc3ccccc3[nH]2)cc1. The number of hydrogen-bond acceptors (Lipinski definition) is 3. The molecule has 2 aromatic carbocycles. The Hall–Kier alpha value is -2.75. The van der Waals surface area contributed by atoms with E-state index in [-0.39, 0.29) is 18.3 Å². The molecule has 0 saturated heterocycles. The fraction of sp³-hybridized carbons (Fsp3) is 0.318. The smallest absolute Gasteiger partial charge is 0.307 e. The minimum atomic E-state index is -0.498. The minimum absolute atomic E-state index is 0.108. The molecule has 1 heterocycles. The number of rotatable bonds is 5. The highest BCUT2D eigenvalue weighted by molar-refractivity contribution is 5.81. The fourth-order valence-corrected chi connectivity index (χ4v) is 3.08. The van der Waals surface area contributed by atoms with Crippen LogP contribution in [-0.2, 0) is 9.53 Å². The first-order valence-corrected chi connectivity index (χ1v) is 8.79. The van der Waals surface area contributed by atoms with E-state index in [2.05, 4.69) is 17.1 Å². The van der Waals surface area contributed by atoms with E-state index in [1.165, 1.54) is 0 Å². The van der Waals surface area contributed by atoms with E-state index in [0.717, 1.165) is 27.9 Å². The Morgan fingerprint density at radius 3 is 2.38 bits per heavy atom. The maximum Gasteiger partial charge on any atom is 0.307 e. The quantitative estimate of drug-likeness (QED) is 0.655. The summed E-state index contributed by atoms with van der Waals surface area (Å²) < 4.78 is 10.8. The van der Waals surface area contributed by atoms with Crippen molar-refractivity contribution in [3.63, 3.8) is 0 Å². The van der Waals surface area contributed by atoms with Crippen LogP contribution in [-0.4, -0.2) is 23.7 Å². The number of esters is 1. The van der Waals surface area contributed by atoms with Crippen LogP contribution in [0.2, 0.25) is 0 Å². The molecule has 4 heteroatoms. The lowest BCUT2D eigenvalue weighted by Gasteiger charge is -2.22. The van der Waals surface area contributed by atoms with E-state index in [1.807, 2.05) is 63.2 Å². The standard InChI is InChI=1S/C22H25NO3/c1-22(2,3)26-21(24)14-18(15-9-11-17(25-4)12-10-15)20-13-16-7-5-6-8-19(16)23-20/h5-13,18,23H,14H2,1-4H3. The second kappa shape index (κ2) is 7.24. The molecule has 0 spiro atoms. The number of H-pyrrole nitrogens is 1. The summed E-state index contributed by atoms with van der Waals surface area (Å²) in [6.45, 7) is 5.66. The lowest BCUT2D eigenvalue weighted by atomic mass is 9.92. The van der Waals surface area contributed by atoms with Crippen LogP contribution >= 0.6 is 0 Å². The Bertz CT molecular complexity index is 855. The Morgan fingerprint density at radius 2 is 1.77 bits per heavy atom. The number of carbonyl (C=O) groups is 1. The highest BCUT2D eigenvalue weighted by atomic mass is 16.6. The van der Waals surface area contributed by atoms with Crippen molar-refractivity contribution in [1.82, 2.24) is 4.98 Å². The van der Waals surface area contributed by atoms with Crippen molar-refractivity contribution >= 4 is 16.9 Å². The van der Waals surface area contributed by atoms with Gasteiger partial charge in [-0.3, -0.25) is 4.79 Å². The molecule has 136 valence electrons. The van der Waals surface area contributed by atoms with Crippen molar-refractivity contribution in [3.05, 3.63) is 65.9 Å². The van der Waals surface area contributed by atoms with Gasteiger partial charge in [0.1, 0.15) is 11.4 Å². The Morgan fingerprint density at radius 1 is 1.08 bits per heavy atom. The lowest BCUT2D eigenvalue weighted by molar-refractivity contribution is -0.155. The summed E-state index contributed by atoms with van der Waals surface area (Å²) >= 11 is 0. The molecule has 1 atom stereocenters. The summed E-state index contributed by atoms with van der Waals surface area (Å²) in [7, 11) is 1.64. The normalized spacial score (nSPS) is 12.8. The van der Waals surface area contributed by atoms with Gasteiger partial charge in [0.15, 0.2) is 0 Å². The van der Waals surface area contributed by atoms with Crippen LogP contribution in [0.25, 0.3) is 10.9 Å². The summed E-state index contributed by atoms with van der Waals surface area (Å²) in [5.74, 6) is 0.474. The molecule has 1 N–H and O–H groups in total. The van der Waals surface area contributed by atoms with E-state index in [4.69, 9.17) is 9.47 Å². The zero-order valence-electron chi connectivity index (χ0n) is 15.7. The highest BCUT2D eigenvalue weighted by Gasteiger charge is 2.24. The first kappa shape index (κ1) is 18.1. The van der Waals surface area contributed by atoms with Gasteiger partial charge in [-0.2, -0.15) is 0 Å². The van der Waals surface area contributed by atoms with Gasteiger partial charge < -0.3 is 14.5 Å². The van der Waals surface area contributed by atoms with E-state index in [1.54, 1.807) is 7.11 Å². The van der Waals surface area contributed by atoms with Crippen molar-refractivity contribution in [1.29, 1.82) is 0 Å². The topological polar surface area (TPSA) is 51.3 Å². The number of ether oxygens (including phenoxy) is 2. The van der Waals surface area contributed by atoms with Crippen LogP contribution < -0.4 is 4.74 Å². The second-order valence-electron chi connectivity index (χ2n) is 7.43. The van der Waals surface area contributed by atoms with Crippen molar-refractivity contribution in [2.75, 3.05) is 7.11 Å². The summed E-state index contributed by atoms with van der Waals surface area (Å²) in [4.78, 5) is 15.9. The number of hydrogen-bond donors (Lipinski definition) is 1. The molecule has 26 heavy (non-hydrogen) atoms. The van der Waals surface area contributed by atoms with Crippen LogP contribution in [0.1, 0.15) is 44.4 Å². The van der Waals surface area contributed by atoms with Gasteiger partial charge >= 0.3 is 5.97 Å². The molecule has 4 nitrogen and oxygen atoms in total. The molecule has 3 aromatic rings. The maximum absolute atomic E-state index is 12.5. The number of para-hydroxylation sites is 1. The van der Waals surface area contributed by atoms with Crippen molar-refractivity contribution in [2.45, 2.75) is 38.7 Å². The number of benzene rings is 2. The van der Waals surface area contributed by atoms with Gasteiger partial charge in [-0.1, -0.05) is 30.3 Å². The van der Waals surface area contributed by atoms with Crippen LogP contribution in [0.15, 0.2) is 54.6 Å². The summed E-state index contributed by atoms with van der Waals surface area (Å²) in [6.07, 6.45) is 0.274. The molecule has 0 amide bonds. The van der Waals surface area contributed by atoms with Gasteiger partial charge in [-0.15, -0.1) is 0 Å². The Balaban J connectivity index is 1.95. The van der Waals surface area contributed by atoms with Crippen molar-refractivity contribution in [2.24, 2.45) is 0 Å². The molecule has 0 aliphatic heterocycles. The third kappa shape index (κ3) is 4.26. The van der Waals surface area contributed by atoms with Crippen molar-refractivity contribution < 1.29 is 14.3 Å². The zero-order valence-corrected chi connectivity index (χ0v) is 15.7. The van der Waals surface area contributed by atoms with Crippen LogP contribution in [0.5, 0.6) is 5.75 Å². The van der Waals surface area contributed by atoms with Crippen LogP contribution in [0.4, 0.5) is 0 Å². The molecule has 0 fully saturated rings. The Labute approximate surface area is 154 Å². The molecule has 1 aromatic heterocycles. The third-order valence-corrected chi connectivity index (χ3v) is 4.24. The van der Waals surface area contributed by atoms with E-state index >= 15 is 0 Å². The molecule has 0 aliphatic rings. The number of nitrogens with one attached hydrogen (secondary N) is 1. The fourth-order valence-electron chi connectivity index (χ4n) is 3.08. The second-order valence-corrected chi connectivity index (χ2v) is 7.43. The molecular formula is C22H25NO3. The van der Waals surface area contributed by atoms with Crippen LogP contribution in [0.3, 0.4) is 0 Å². The molecule has 0 bridgehead atoms. The average molecular weight is 351 g/mol. The minimum Gasteiger partial charge on any atom is -0.497 e. The first-order valence-electron chi connectivity index (χ1n) is 8.79. The van der Waals surface area contributed by atoms with Gasteiger partial charge in [-0.25, -0.2) is 0 Å². The number of fused-ring (bicyclic) bond motifs is 1. The monoisotopic (exact) mass is 351 g/mol. The summed E-state index contributed by atoms with van der Waals surface area (Å²) in [5.41, 5.74) is 2.61. The third-order valence-electron chi connectivity index (χ3n) is 4.24. The number of aromatic nitrogens is 1. The molecule has 0 saturated carbocycles. The van der Waals surface area contributed by atoms with Gasteiger partial charge in [0.05, 0.1) is 13.5 Å². The average Bonchev–Trinajstić information content (AvgIpc) is 3.02. The van der Waals surface area contributed by atoms with E-state index < -0.39 is 5.60 Å². The van der Waals surface area contributed by atoms with Gasteiger partial charge in [0.25, 0.3) is 0 Å². The number of aromatic amines is 1. The first-order chi connectivity index (χ1) is 12.4. The predicted octanol–water partition coefficient (Wildman–Crippen LogP) is 5.04. The number of methoxy groups -OCH3 is 1. The molecule has 1 unspecified atom stereocenters. The molecular weight excluding hydrogens is 326 g/mol. The van der Waals surface area contributed by atoms with Gasteiger partial charge in [0, 0.05) is 17.1 Å². The van der Waals surface area contributed by atoms with Crippen LogP contribution in [0, 0.1) is 0 Å². The molecule has 3 rings (SSSR count). The zero-order chi connectivity index (χ0) is 18.7. The van der Waals surface area contributed by atoms with E-state index in [9.17, 15) is 4.79 Å². The molecule has 0 aliphatic carbocycles. The Kier molecular flexibility index (Phi) is 5.03. The maximum atomic E-state index is 12.5. The largest absolute Gasteiger partial charge is 0.497 e. The predicted molar refractivity (Wildman–Crippen MR) is 104 cm³/mol. The molecule has 0 radical (unpaired) electrons.